The summed E-state index contributed by atoms with van der Waals surface area (Å²) in [6.45, 7) is 4.85. The van der Waals surface area contributed by atoms with Crippen LogP contribution in [0.25, 0.3) is 33.1 Å². The number of aliphatic hydroxyl groups excluding tert-OH is 1. The van der Waals surface area contributed by atoms with Gasteiger partial charge in [0, 0.05) is 42.4 Å². The van der Waals surface area contributed by atoms with Crippen LogP contribution in [0.4, 0.5) is 5.82 Å². The van der Waals surface area contributed by atoms with E-state index in [9.17, 15) is 9.90 Å². The number of nitrogens with zero attached hydrogens (tertiary/aromatic N) is 4. The van der Waals surface area contributed by atoms with Crippen molar-refractivity contribution < 1.29 is 9.90 Å². The Balaban J connectivity index is 1.66. The maximum absolute atomic E-state index is 11.7. The number of rotatable bonds is 8. The quantitative estimate of drug-likeness (QED) is 0.368. The molecular weight excluding hydrogens is 404 g/mol. The van der Waals surface area contributed by atoms with Crippen molar-refractivity contribution in [3.63, 3.8) is 0 Å². The van der Waals surface area contributed by atoms with Gasteiger partial charge in [0.05, 0.1) is 11.0 Å². The highest BCUT2D eigenvalue weighted by molar-refractivity contribution is 6.07. The summed E-state index contributed by atoms with van der Waals surface area (Å²) in [5, 5.41) is 13.8. The molecule has 3 heterocycles. The zero-order valence-electron chi connectivity index (χ0n) is 18.4. The Kier molecular flexibility index (Phi) is 6.32. The van der Waals surface area contributed by atoms with Crippen molar-refractivity contribution in [2.75, 3.05) is 12.3 Å². The predicted molar refractivity (Wildman–Crippen MR) is 126 cm³/mol. The number of pyridine rings is 2. The van der Waals surface area contributed by atoms with Crippen molar-refractivity contribution in [3.8, 4) is 11.1 Å². The second kappa shape index (κ2) is 9.32. The lowest BCUT2D eigenvalue weighted by Gasteiger charge is -2.12. The largest absolute Gasteiger partial charge is 0.388 e. The maximum atomic E-state index is 11.7. The monoisotopic (exact) mass is 432 g/mol. The molecule has 0 aliphatic carbocycles. The fraction of sp³-hybridized carbons (Fsp3) is 0.333. The maximum Gasteiger partial charge on any atom is 0.222 e. The topological polar surface area (TPSA) is 119 Å². The van der Waals surface area contributed by atoms with Gasteiger partial charge in [-0.25, -0.2) is 9.97 Å². The second-order valence-corrected chi connectivity index (χ2v) is 8.16. The fourth-order valence-corrected chi connectivity index (χ4v) is 3.84. The number of amides is 1. The van der Waals surface area contributed by atoms with Crippen LogP contribution in [0, 0.1) is 5.92 Å². The van der Waals surface area contributed by atoms with E-state index in [-0.39, 0.29) is 18.4 Å². The number of anilines is 1. The molecule has 1 amide bonds. The van der Waals surface area contributed by atoms with E-state index in [0.717, 1.165) is 40.4 Å². The molecule has 0 unspecified atom stereocenters. The van der Waals surface area contributed by atoms with E-state index in [4.69, 9.17) is 5.73 Å². The molecule has 0 aliphatic rings. The Labute approximate surface area is 186 Å². The van der Waals surface area contributed by atoms with Crippen LogP contribution >= 0.6 is 0 Å². The number of hydrogen-bond donors (Lipinski definition) is 3. The predicted octanol–water partition coefficient (Wildman–Crippen LogP) is 3.27. The Morgan fingerprint density at radius 1 is 1.19 bits per heavy atom. The third-order valence-corrected chi connectivity index (χ3v) is 5.55. The molecule has 4 N–H and O–H groups in total. The average Bonchev–Trinajstić information content (AvgIpc) is 3.18. The minimum atomic E-state index is -0.187. The summed E-state index contributed by atoms with van der Waals surface area (Å²) in [5.74, 6) is 0.937. The number of nitrogens with two attached hydrogens (primary N) is 1. The molecule has 0 bridgehead atoms. The summed E-state index contributed by atoms with van der Waals surface area (Å²) in [6, 6.07) is 9.96. The highest BCUT2D eigenvalue weighted by Crippen LogP contribution is 2.32. The molecule has 32 heavy (non-hydrogen) atoms. The number of imidazole rings is 1. The molecule has 4 rings (SSSR count). The number of unbranched alkanes of at least 4 members (excludes halogenated alkanes) is 1. The molecule has 8 heteroatoms. The first-order valence-corrected chi connectivity index (χ1v) is 10.9. The molecule has 0 saturated heterocycles. The number of hydrogen-bond acceptors (Lipinski definition) is 6. The van der Waals surface area contributed by atoms with Gasteiger partial charge in [-0.1, -0.05) is 32.0 Å². The molecule has 0 spiro atoms. The van der Waals surface area contributed by atoms with Crippen molar-refractivity contribution in [1.82, 2.24) is 24.8 Å². The van der Waals surface area contributed by atoms with Crippen LogP contribution in [0.1, 0.15) is 32.5 Å². The normalized spacial score (nSPS) is 11.5. The molecule has 1 aromatic carbocycles. The van der Waals surface area contributed by atoms with E-state index >= 15 is 0 Å². The number of benzene rings is 1. The molecule has 3 aromatic heterocycles. The van der Waals surface area contributed by atoms with E-state index in [0.29, 0.717) is 30.2 Å². The van der Waals surface area contributed by atoms with Crippen molar-refractivity contribution in [2.24, 2.45) is 5.92 Å². The fourth-order valence-electron chi connectivity index (χ4n) is 3.84. The summed E-state index contributed by atoms with van der Waals surface area (Å²) in [7, 11) is 0. The minimum Gasteiger partial charge on any atom is -0.388 e. The molecule has 8 nitrogen and oxygen atoms in total. The number of fused-ring (bicyclic) bond motifs is 3. The summed E-state index contributed by atoms with van der Waals surface area (Å²) in [6.07, 6.45) is 5.21. The number of aliphatic hydroxyl groups is 1. The van der Waals surface area contributed by atoms with Gasteiger partial charge >= 0.3 is 0 Å². The highest BCUT2D eigenvalue weighted by Gasteiger charge is 2.17. The Hall–Kier alpha value is -3.52. The van der Waals surface area contributed by atoms with E-state index in [1.165, 1.54) is 0 Å². The standard InChI is InChI=1S/C24H28N6O2/c1-15(2)24(32)27-10-3-4-11-30-20(14-31)29-21-22(30)18-8-7-16(12-19(18)28-23(21)25)17-6-5-9-26-13-17/h5-9,12-13,15,31H,3-4,10-11,14H2,1-2H3,(H2,25,28)(H,27,32). The highest BCUT2D eigenvalue weighted by atomic mass is 16.3. The molecule has 0 aliphatic heterocycles. The van der Waals surface area contributed by atoms with Gasteiger partial charge in [-0.05, 0) is 30.5 Å². The lowest BCUT2D eigenvalue weighted by Crippen LogP contribution is -2.28. The summed E-state index contributed by atoms with van der Waals surface area (Å²) >= 11 is 0. The molecule has 4 aromatic rings. The van der Waals surface area contributed by atoms with Gasteiger partial charge < -0.3 is 20.7 Å². The van der Waals surface area contributed by atoms with Crippen LogP contribution in [0.3, 0.4) is 0 Å². The van der Waals surface area contributed by atoms with Crippen LogP contribution in [0.5, 0.6) is 0 Å². The van der Waals surface area contributed by atoms with Gasteiger partial charge in [0.2, 0.25) is 5.91 Å². The lowest BCUT2D eigenvalue weighted by atomic mass is 10.0. The van der Waals surface area contributed by atoms with Crippen LogP contribution in [-0.4, -0.2) is 37.1 Å². The number of carbonyl (C=O) groups excluding carboxylic acids is 1. The molecule has 0 atom stereocenters. The number of nitrogen functional groups attached to an aromatic ring is 1. The number of carbonyl (C=O) groups is 1. The smallest absolute Gasteiger partial charge is 0.222 e. The van der Waals surface area contributed by atoms with E-state index < -0.39 is 0 Å². The summed E-state index contributed by atoms with van der Waals surface area (Å²) in [4.78, 5) is 25.1. The zero-order chi connectivity index (χ0) is 22.7. The van der Waals surface area contributed by atoms with Crippen molar-refractivity contribution in [1.29, 1.82) is 0 Å². The lowest BCUT2D eigenvalue weighted by molar-refractivity contribution is -0.123. The molecule has 0 saturated carbocycles. The number of aryl methyl sites for hydroxylation is 1. The molecular formula is C24H28N6O2. The van der Waals surface area contributed by atoms with Crippen molar-refractivity contribution in [3.05, 3.63) is 48.5 Å². The van der Waals surface area contributed by atoms with Gasteiger partial charge in [-0.2, -0.15) is 0 Å². The summed E-state index contributed by atoms with van der Waals surface area (Å²) in [5.41, 5.74) is 10.5. The molecule has 166 valence electrons. The van der Waals surface area contributed by atoms with Gasteiger partial charge in [0.15, 0.2) is 5.82 Å². The van der Waals surface area contributed by atoms with Crippen LogP contribution in [-0.2, 0) is 17.9 Å². The number of nitrogens with one attached hydrogen (secondary N) is 1. The molecule has 0 fully saturated rings. The van der Waals surface area contributed by atoms with E-state index in [2.05, 4.69) is 20.3 Å². The second-order valence-electron chi connectivity index (χ2n) is 8.16. The number of aromatic nitrogens is 4. The summed E-state index contributed by atoms with van der Waals surface area (Å²) < 4.78 is 2.02. The average molecular weight is 433 g/mol. The van der Waals surface area contributed by atoms with Crippen molar-refractivity contribution >= 4 is 33.7 Å². The first kappa shape index (κ1) is 21.7. The van der Waals surface area contributed by atoms with E-state index in [1.54, 1.807) is 6.20 Å². The van der Waals surface area contributed by atoms with Crippen LogP contribution in [0.2, 0.25) is 0 Å². The zero-order valence-corrected chi connectivity index (χ0v) is 18.4. The van der Waals surface area contributed by atoms with Gasteiger partial charge in [-0.3, -0.25) is 9.78 Å². The minimum absolute atomic E-state index is 0.0213. The first-order valence-electron chi connectivity index (χ1n) is 10.9. The third kappa shape index (κ3) is 4.27. The first-order chi connectivity index (χ1) is 15.5. The van der Waals surface area contributed by atoms with E-state index in [1.807, 2.05) is 54.9 Å². The van der Waals surface area contributed by atoms with Crippen LogP contribution in [0.15, 0.2) is 42.7 Å². The molecule has 0 radical (unpaired) electrons. The Morgan fingerprint density at radius 3 is 2.75 bits per heavy atom. The third-order valence-electron chi connectivity index (χ3n) is 5.55. The SMILES string of the molecule is CC(C)C(=O)NCCCCn1c(CO)nc2c(N)nc3cc(-c4cccnc4)ccc3c21. The van der Waals surface area contributed by atoms with Crippen molar-refractivity contribution in [2.45, 2.75) is 39.8 Å². The van der Waals surface area contributed by atoms with Gasteiger partial charge in [-0.15, -0.1) is 0 Å². The Bertz CT molecular complexity index is 1250. The van der Waals surface area contributed by atoms with Gasteiger partial charge in [0.1, 0.15) is 17.9 Å². The van der Waals surface area contributed by atoms with Crippen LogP contribution < -0.4 is 11.1 Å². The van der Waals surface area contributed by atoms with Gasteiger partial charge in [0.25, 0.3) is 0 Å². The Morgan fingerprint density at radius 2 is 2.03 bits per heavy atom.